The zero-order valence-electron chi connectivity index (χ0n) is 8.66. The molecule has 0 fully saturated rings. The number of rotatable bonds is 6. The van der Waals surface area contributed by atoms with Crippen LogP contribution in [0.1, 0.15) is 6.92 Å². The van der Waals surface area contributed by atoms with Gasteiger partial charge in [0.15, 0.2) is 0 Å². The smallest absolute Gasteiger partial charge is 0.322 e. The fourth-order valence-electron chi connectivity index (χ4n) is 0.945. The van der Waals surface area contributed by atoms with Crippen molar-refractivity contribution in [1.29, 1.82) is 0 Å². The highest BCUT2D eigenvalue weighted by atomic mass is 16.4. The summed E-state index contributed by atoms with van der Waals surface area (Å²) in [5.41, 5.74) is 0. The fraction of sp³-hybridized carbons (Fsp3) is 0.625. The quantitative estimate of drug-likeness (QED) is 0.408. The van der Waals surface area contributed by atoms with Gasteiger partial charge in [0.25, 0.3) is 0 Å². The van der Waals surface area contributed by atoms with E-state index in [-0.39, 0.29) is 12.5 Å². The van der Waals surface area contributed by atoms with Crippen molar-refractivity contribution < 1.29 is 19.5 Å². The van der Waals surface area contributed by atoms with Crippen LogP contribution >= 0.6 is 0 Å². The van der Waals surface area contributed by atoms with Crippen LogP contribution in [0, 0.1) is 0 Å². The maximum absolute atomic E-state index is 11.3. The second kappa shape index (κ2) is 6.77. The van der Waals surface area contributed by atoms with Crippen LogP contribution < -0.4 is 16.0 Å². The molecule has 0 aromatic heterocycles. The summed E-state index contributed by atoms with van der Waals surface area (Å²) in [4.78, 5) is 32.3. The van der Waals surface area contributed by atoms with E-state index in [9.17, 15) is 14.4 Å². The SMILES string of the molecule is CNCC(NC(C)=O)C(=O)NCC(=O)O. The first-order valence-corrected chi connectivity index (χ1v) is 4.38. The molecular weight excluding hydrogens is 202 g/mol. The number of hydrogen-bond acceptors (Lipinski definition) is 4. The number of carbonyl (C=O) groups is 3. The molecule has 0 bridgehead atoms. The van der Waals surface area contributed by atoms with E-state index < -0.39 is 24.5 Å². The van der Waals surface area contributed by atoms with E-state index >= 15 is 0 Å². The zero-order chi connectivity index (χ0) is 11.8. The van der Waals surface area contributed by atoms with Crippen molar-refractivity contribution in [3.63, 3.8) is 0 Å². The Hall–Kier alpha value is -1.63. The summed E-state index contributed by atoms with van der Waals surface area (Å²) in [6.45, 7) is 1.07. The number of amides is 2. The third-order valence-corrected chi connectivity index (χ3v) is 1.52. The molecule has 7 nitrogen and oxygen atoms in total. The van der Waals surface area contributed by atoms with E-state index in [1.807, 2.05) is 0 Å². The van der Waals surface area contributed by atoms with Crippen molar-refractivity contribution in [2.24, 2.45) is 0 Å². The van der Waals surface area contributed by atoms with E-state index in [0.29, 0.717) is 0 Å². The van der Waals surface area contributed by atoms with Gasteiger partial charge in [-0.1, -0.05) is 0 Å². The van der Waals surface area contributed by atoms with Crippen LogP contribution in [0.25, 0.3) is 0 Å². The summed E-state index contributed by atoms with van der Waals surface area (Å²) in [5, 5.41) is 15.6. The summed E-state index contributed by atoms with van der Waals surface area (Å²) in [6, 6.07) is -0.758. The van der Waals surface area contributed by atoms with Gasteiger partial charge in [-0.25, -0.2) is 0 Å². The first kappa shape index (κ1) is 13.4. The fourth-order valence-corrected chi connectivity index (χ4v) is 0.945. The number of aliphatic carboxylic acids is 1. The van der Waals surface area contributed by atoms with Crippen molar-refractivity contribution >= 4 is 17.8 Å². The van der Waals surface area contributed by atoms with Crippen LogP contribution in [0.15, 0.2) is 0 Å². The molecule has 0 rings (SSSR count). The summed E-state index contributed by atoms with van der Waals surface area (Å²) in [6.07, 6.45) is 0. The average Bonchev–Trinajstić information content (AvgIpc) is 2.12. The molecule has 0 saturated heterocycles. The van der Waals surface area contributed by atoms with Crippen LogP contribution in [-0.2, 0) is 14.4 Å². The van der Waals surface area contributed by atoms with Gasteiger partial charge in [-0.3, -0.25) is 14.4 Å². The Morgan fingerprint density at radius 1 is 1.33 bits per heavy atom. The summed E-state index contributed by atoms with van der Waals surface area (Å²) in [5.74, 6) is -2.00. The number of hydrogen-bond donors (Lipinski definition) is 4. The van der Waals surface area contributed by atoms with Gasteiger partial charge in [0.1, 0.15) is 12.6 Å². The highest BCUT2D eigenvalue weighted by Gasteiger charge is 2.18. The van der Waals surface area contributed by atoms with E-state index in [1.165, 1.54) is 6.92 Å². The zero-order valence-corrected chi connectivity index (χ0v) is 8.66. The minimum atomic E-state index is -1.13. The topological polar surface area (TPSA) is 108 Å². The van der Waals surface area contributed by atoms with Crippen LogP contribution in [0.3, 0.4) is 0 Å². The molecule has 0 radical (unpaired) electrons. The Balaban J connectivity index is 4.15. The molecule has 0 aromatic carbocycles. The molecule has 0 saturated carbocycles. The molecule has 0 aliphatic heterocycles. The standard InChI is InChI=1S/C8H15N3O4/c1-5(12)11-6(3-9-2)8(15)10-4-7(13)14/h6,9H,3-4H2,1-2H3,(H,10,15)(H,11,12)(H,13,14). The summed E-state index contributed by atoms with van der Waals surface area (Å²) in [7, 11) is 1.62. The molecule has 0 aliphatic rings. The molecule has 0 heterocycles. The molecule has 0 spiro atoms. The number of carbonyl (C=O) groups excluding carboxylic acids is 2. The van der Waals surface area contributed by atoms with Crippen molar-refractivity contribution in [3.8, 4) is 0 Å². The van der Waals surface area contributed by atoms with E-state index in [0.717, 1.165) is 0 Å². The second-order valence-corrected chi connectivity index (χ2v) is 2.92. The van der Waals surface area contributed by atoms with Crippen LogP contribution in [-0.4, -0.2) is 49.1 Å². The first-order valence-electron chi connectivity index (χ1n) is 4.38. The van der Waals surface area contributed by atoms with Crippen molar-refractivity contribution in [3.05, 3.63) is 0 Å². The van der Waals surface area contributed by atoms with Gasteiger partial charge in [-0.15, -0.1) is 0 Å². The molecular formula is C8H15N3O4. The lowest BCUT2D eigenvalue weighted by molar-refractivity contribution is -0.138. The number of nitrogens with one attached hydrogen (secondary N) is 3. The molecule has 1 atom stereocenters. The Morgan fingerprint density at radius 2 is 1.93 bits per heavy atom. The van der Waals surface area contributed by atoms with E-state index in [1.54, 1.807) is 7.05 Å². The monoisotopic (exact) mass is 217 g/mol. The van der Waals surface area contributed by atoms with Crippen LogP contribution in [0.4, 0.5) is 0 Å². The van der Waals surface area contributed by atoms with Crippen molar-refractivity contribution in [1.82, 2.24) is 16.0 Å². The molecule has 7 heteroatoms. The molecule has 86 valence electrons. The molecule has 2 amide bonds. The highest BCUT2D eigenvalue weighted by Crippen LogP contribution is 1.82. The maximum Gasteiger partial charge on any atom is 0.322 e. The van der Waals surface area contributed by atoms with Crippen molar-refractivity contribution in [2.45, 2.75) is 13.0 Å². The molecule has 0 aromatic rings. The molecule has 15 heavy (non-hydrogen) atoms. The van der Waals surface area contributed by atoms with Gasteiger partial charge < -0.3 is 21.1 Å². The Kier molecular flexibility index (Phi) is 6.03. The molecule has 4 N–H and O–H groups in total. The van der Waals surface area contributed by atoms with Gasteiger partial charge in [0.05, 0.1) is 0 Å². The average molecular weight is 217 g/mol. The number of likely N-dealkylation sites (N-methyl/N-ethyl adjacent to an activating group) is 1. The van der Waals surface area contributed by atoms with Gasteiger partial charge in [0.2, 0.25) is 11.8 Å². The number of carboxylic acids is 1. The largest absolute Gasteiger partial charge is 0.480 e. The third-order valence-electron chi connectivity index (χ3n) is 1.52. The lowest BCUT2D eigenvalue weighted by Crippen LogP contribution is -2.51. The molecule has 0 aliphatic carbocycles. The summed E-state index contributed by atoms with van der Waals surface area (Å²) >= 11 is 0. The highest BCUT2D eigenvalue weighted by molar-refractivity contribution is 5.88. The maximum atomic E-state index is 11.3. The lowest BCUT2D eigenvalue weighted by atomic mass is 10.2. The first-order chi connectivity index (χ1) is 6.97. The Labute approximate surface area is 87.2 Å². The van der Waals surface area contributed by atoms with E-state index in [4.69, 9.17) is 5.11 Å². The Morgan fingerprint density at radius 3 is 2.33 bits per heavy atom. The minimum Gasteiger partial charge on any atom is -0.480 e. The third kappa shape index (κ3) is 6.44. The lowest BCUT2D eigenvalue weighted by Gasteiger charge is -2.16. The molecule has 1 unspecified atom stereocenters. The minimum absolute atomic E-state index is 0.241. The van der Waals surface area contributed by atoms with Crippen LogP contribution in [0.5, 0.6) is 0 Å². The van der Waals surface area contributed by atoms with E-state index in [2.05, 4.69) is 16.0 Å². The van der Waals surface area contributed by atoms with Gasteiger partial charge in [0, 0.05) is 13.5 Å². The summed E-state index contributed by atoms with van der Waals surface area (Å²) < 4.78 is 0. The van der Waals surface area contributed by atoms with Gasteiger partial charge >= 0.3 is 5.97 Å². The normalized spacial score (nSPS) is 11.6. The second-order valence-electron chi connectivity index (χ2n) is 2.92. The Bertz CT molecular complexity index is 254. The van der Waals surface area contributed by atoms with Gasteiger partial charge in [-0.2, -0.15) is 0 Å². The predicted molar refractivity (Wildman–Crippen MR) is 52.2 cm³/mol. The van der Waals surface area contributed by atoms with Crippen molar-refractivity contribution in [2.75, 3.05) is 20.1 Å². The van der Waals surface area contributed by atoms with Crippen LogP contribution in [0.2, 0.25) is 0 Å². The van der Waals surface area contributed by atoms with Gasteiger partial charge in [-0.05, 0) is 7.05 Å². The predicted octanol–water partition coefficient (Wildman–Crippen LogP) is -2.09. The number of carboxylic acid groups (broad SMARTS) is 1.